The lowest BCUT2D eigenvalue weighted by Crippen LogP contribution is -2.40. The van der Waals surface area contributed by atoms with Crippen LogP contribution in [-0.2, 0) is 20.0 Å². The van der Waals surface area contributed by atoms with Gasteiger partial charge >= 0.3 is 0 Å². The summed E-state index contributed by atoms with van der Waals surface area (Å²) >= 11 is 11.9. The molecule has 1 aromatic rings. The molecule has 22 heavy (non-hydrogen) atoms. The molecule has 0 aliphatic carbocycles. The highest BCUT2D eigenvalue weighted by Crippen LogP contribution is 2.29. The van der Waals surface area contributed by atoms with Crippen molar-refractivity contribution in [3.63, 3.8) is 0 Å². The molecule has 7 heteroatoms. The highest BCUT2D eigenvalue weighted by atomic mass is 35.5. The third kappa shape index (κ3) is 4.15. The Hall–Kier alpha value is -0.780. The van der Waals surface area contributed by atoms with Crippen molar-refractivity contribution >= 4 is 38.9 Å². The van der Waals surface area contributed by atoms with E-state index in [0.29, 0.717) is 23.0 Å². The largest absolute Gasteiger partial charge is 0.355 e. The molecule has 1 aromatic carbocycles. The molecule has 0 bridgehead atoms. The quantitative estimate of drug-likeness (QED) is 0.894. The standard InChI is InChI=1S/C15H19Cl2NO3S/c1-15(2,11-3-4-12(16)13(17)7-11)9-18-14(19)10-5-6-22(20,21)8-10/h3-4,7,10H,5-6,8-9H2,1-2H3,(H,18,19). The molecule has 0 aromatic heterocycles. The SMILES string of the molecule is CC(C)(CNC(=O)C1CCS(=O)(=O)C1)c1ccc(Cl)c(Cl)c1. The maximum absolute atomic E-state index is 12.1. The molecule has 0 radical (unpaired) electrons. The number of hydrogen-bond donors (Lipinski definition) is 1. The Balaban J connectivity index is 2.00. The van der Waals surface area contributed by atoms with Crippen LogP contribution < -0.4 is 5.32 Å². The van der Waals surface area contributed by atoms with Crippen LogP contribution in [0.3, 0.4) is 0 Å². The lowest BCUT2D eigenvalue weighted by atomic mass is 9.84. The van der Waals surface area contributed by atoms with Gasteiger partial charge in [-0.15, -0.1) is 0 Å². The molecule has 1 aliphatic heterocycles. The monoisotopic (exact) mass is 363 g/mol. The fourth-order valence-electron chi connectivity index (χ4n) is 2.47. The van der Waals surface area contributed by atoms with Gasteiger partial charge in [0.1, 0.15) is 0 Å². The number of rotatable bonds is 4. The van der Waals surface area contributed by atoms with Gasteiger partial charge in [0.25, 0.3) is 0 Å². The summed E-state index contributed by atoms with van der Waals surface area (Å²) in [5.41, 5.74) is 0.628. The number of halogens is 2. The van der Waals surface area contributed by atoms with Gasteiger partial charge in [0.2, 0.25) is 5.91 Å². The number of benzene rings is 1. The zero-order valence-corrected chi connectivity index (χ0v) is 14.9. The molecule has 1 heterocycles. The van der Waals surface area contributed by atoms with Crippen LogP contribution in [0, 0.1) is 5.92 Å². The van der Waals surface area contributed by atoms with E-state index in [4.69, 9.17) is 23.2 Å². The van der Waals surface area contributed by atoms with E-state index in [1.54, 1.807) is 12.1 Å². The van der Waals surface area contributed by atoms with Crippen LogP contribution in [0.4, 0.5) is 0 Å². The van der Waals surface area contributed by atoms with Crippen molar-refractivity contribution in [3.8, 4) is 0 Å². The fourth-order valence-corrected chi connectivity index (χ4v) is 4.51. The molecule has 1 unspecified atom stereocenters. The van der Waals surface area contributed by atoms with Crippen molar-refractivity contribution in [3.05, 3.63) is 33.8 Å². The Morgan fingerprint density at radius 2 is 2.00 bits per heavy atom. The predicted octanol–water partition coefficient (Wildman–Crippen LogP) is 2.82. The van der Waals surface area contributed by atoms with E-state index in [0.717, 1.165) is 5.56 Å². The second-order valence-electron chi connectivity index (χ2n) is 6.33. The number of amides is 1. The summed E-state index contributed by atoms with van der Waals surface area (Å²) in [5, 5.41) is 3.82. The van der Waals surface area contributed by atoms with Crippen LogP contribution in [0.2, 0.25) is 10.0 Å². The summed E-state index contributed by atoms with van der Waals surface area (Å²) in [6.45, 7) is 4.37. The molecule has 1 aliphatic rings. The number of sulfone groups is 1. The first-order chi connectivity index (χ1) is 10.1. The Labute approximate surface area is 141 Å². The summed E-state index contributed by atoms with van der Waals surface area (Å²) in [5.74, 6) is -0.586. The van der Waals surface area contributed by atoms with Crippen molar-refractivity contribution < 1.29 is 13.2 Å². The zero-order valence-electron chi connectivity index (χ0n) is 12.5. The van der Waals surface area contributed by atoms with Gasteiger partial charge in [0, 0.05) is 12.0 Å². The van der Waals surface area contributed by atoms with Gasteiger partial charge in [-0.25, -0.2) is 8.42 Å². The molecule has 1 atom stereocenters. The van der Waals surface area contributed by atoms with Gasteiger partial charge in [-0.2, -0.15) is 0 Å². The Morgan fingerprint density at radius 3 is 2.55 bits per heavy atom. The summed E-state index contributed by atoms with van der Waals surface area (Å²) in [7, 11) is -3.05. The van der Waals surface area contributed by atoms with Gasteiger partial charge in [-0.05, 0) is 24.1 Å². The molecule has 1 amide bonds. The van der Waals surface area contributed by atoms with Gasteiger partial charge in [0.05, 0.1) is 27.5 Å². The molecular weight excluding hydrogens is 345 g/mol. The topological polar surface area (TPSA) is 63.2 Å². The first kappa shape index (κ1) is 17.6. The average molecular weight is 364 g/mol. The van der Waals surface area contributed by atoms with Crippen LogP contribution in [0.5, 0.6) is 0 Å². The van der Waals surface area contributed by atoms with E-state index < -0.39 is 15.8 Å². The Kier molecular flexibility index (Phi) is 5.09. The van der Waals surface area contributed by atoms with Crippen molar-refractivity contribution in [2.24, 2.45) is 5.92 Å². The average Bonchev–Trinajstić information content (AvgIpc) is 2.79. The first-order valence-electron chi connectivity index (χ1n) is 7.04. The molecule has 0 spiro atoms. The molecular formula is C15H19Cl2NO3S. The second kappa shape index (κ2) is 6.38. The van der Waals surface area contributed by atoms with Crippen molar-refractivity contribution in [1.82, 2.24) is 5.32 Å². The van der Waals surface area contributed by atoms with Crippen LogP contribution >= 0.6 is 23.2 Å². The van der Waals surface area contributed by atoms with Crippen molar-refractivity contribution in [2.45, 2.75) is 25.7 Å². The summed E-state index contributed by atoms with van der Waals surface area (Å²) in [6, 6.07) is 5.39. The minimum Gasteiger partial charge on any atom is -0.355 e. The van der Waals surface area contributed by atoms with E-state index in [-0.39, 0.29) is 22.8 Å². The minimum absolute atomic E-state index is 0.0496. The van der Waals surface area contributed by atoms with E-state index in [9.17, 15) is 13.2 Å². The smallest absolute Gasteiger partial charge is 0.224 e. The predicted molar refractivity (Wildman–Crippen MR) is 89.3 cm³/mol. The summed E-state index contributed by atoms with van der Waals surface area (Å²) < 4.78 is 22.9. The highest BCUT2D eigenvalue weighted by Gasteiger charge is 2.33. The molecule has 2 rings (SSSR count). The van der Waals surface area contributed by atoms with Crippen molar-refractivity contribution in [2.75, 3.05) is 18.1 Å². The van der Waals surface area contributed by atoms with E-state index >= 15 is 0 Å². The molecule has 1 fully saturated rings. The molecule has 122 valence electrons. The third-order valence-electron chi connectivity index (χ3n) is 4.01. The van der Waals surface area contributed by atoms with Gasteiger partial charge in [0.15, 0.2) is 9.84 Å². The Morgan fingerprint density at radius 1 is 1.32 bits per heavy atom. The summed E-state index contributed by atoms with van der Waals surface area (Å²) in [4.78, 5) is 12.1. The van der Waals surface area contributed by atoms with Crippen LogP contribution in [-0.4, -0.2) is 32.4 Å². The second-order valence-corrected chi connectivity index (χ2v) is 9.37. The minimum atomic E-state index is -3.05. The molecule has 1 saturated heterocycles. The molecule has 1 N–H and O–H groups in total. The molecule has 4 nitrogen and oxygen atoms in total. The van der Waals surface area contributed by atoms with Crippen LogP contribution in [0.25, 0.3) is 0 Å². The van der Waals surface area contributed by atoms with Crippen molar-refractivity contribution in [1.29, 1.82) is 0 Å². The maximum atomic E-state index is 12.1. The Bertz CT molecular complexity index is 686. The number of hydrogen-bond acceptors (Lipinski definition) is 3. The number of nitrogens with one attached hydrogen (secondary N) is 1. The van der Waals surface area contributed by atoms with Gasteiger partial charge in [-0.3, -0.25) is 4.79 Å². The van der Waals surface area contributed by atoms with E-state index in [1.807, 2.05) is 19.9 Å². The zero-order chi connectivity index (χ0) is 16.5. The summed E-state index contributed by atoms with van der Waals surface area (Å²) in [6.07, 6.45) is 0.404. The normalized spacial score (nSPS) is 20.8. The third-order valence-corrected chi connectivity index (χ3v) is 6.52. The maximum Gasteiger partial charge on any atom is 0.224 e. The lowest BCUT2D eigenvalue weighted by molar-refractivity contribution is -0.124. The fraction of sp³-hybridized carbons (Fsp3) is 0.533. The van der Waals surface area contributed by atoms with E-state index in [2.05, 4.69) is 5.32 Å². The van der Waals surface area contributed by atoms with Crippen LogP contribution in [0.1, 0.15) is 25.8 Å². The first-order valence-corrected chi connectivity index (χ1v) is 9.62. The highest BCUT2D eigenvalue weighted by molar-refractivity contribution is 7.91. The number of carbonyl (C=O) groups is 1. The lowest BCUT2D eigenvalue weighted by Gasteiger charge is -2.26. The van der Waals surface area contributed by atoms with E-state index in [1.165, 1.54) is 0 Å². The van der Waals surface area contributed by atoms with Gasteiger partial charge in [-0.1, -0.05) is 43.1 Å². The molecule has 0 saturated carbocycles. The van der Waals surface area contributed by atoms with Gasteiger partial charge < -0.3 is 5.32 Å². The number of carbonyl (C=O) groups excluding carboxylic acids is 1. The van der Waals surface area contributed by atoms with Crippen LogP contribution in [0.15, 0.2) is 18.2 Å².